The summed E-state index contributed by atoms with van der Waals surface area (Å²) in [5.74, 6) is -1.73. The number of hydrogen-bond acceptors (Lipinski definition) is 6. The highest BCUT2D eigenvalue weighted by atomic mass is 19.4. The Hall–Kier alpha value is -5.37. The first-order valence-corrected chi connectivity index (χ1v) is 8.65. The summed E-state index contributed by atoms with van der Waals surface area (Å²) < 4.78 is 96.1. The molecule has 0 aliphatic carbocycles. The van der Waals surface area contributed by atoms with Gasteiger partial charge in [-0.05, 0) is 23.8 Å². The molecule has 0 atom stereocenters. The van der Waals surface area contributed by atoms with Crippen molar-refractivity contribution in [2.45, 2.75) is 12.4 Å². The summed E-state index contributed by atoms with van der Waals surface area (Å²) in [4.78, 5) is 0. The molecule has 0 aliphatic rings. The molecule has 2 aromatic rings. The molecule has 0 unspecified atom stereocenters. The Bertz CT molecular complexity index is 1590. The van der Waals surface area contributed by atoms with Crippen LogP contribution in [0, 0.1) is 73.8 Å². The molecule has 0 aromatic heterocycles. The molecule has 0 aliphatic heterocycles. The molecule has 35 heavy (non-hydrogen) atoms. The second kappa shape index (κ2) is 9.24. The van der Waals surface area contributed by atoms with Crippen LogP contribution in [0.3, 0.4) is 0 Å². The van der Waals surface area contributed by atoms with Crippen LogP contribution >= 0.6 is 0 Å². The van der Waals surface area contributed by atoms with Crippen molar-refractivity contribution in [3.05, 3.63) is 67.8 Å². The average molecular weight is 484 g/mol. The van der Waals surface area contributed by atoms with Gasteiger partial charge >= 0.3 is 12.4 Å². The standard InChI is InChI=1S/C22H3F7N6/c23-20-15(8-34)13(12(5-31)6-32)1-11(4-30)19(20)14(7-33)10-2-17(21(24,25)26)16(9-35)18(3-10)22(27,28)29/h1-3H/b19-14-. The van der Waals surface area contributed by atoms with Gasteiger partial charge in [-0.15, -0.1) is 0 Å². The lowest BCUT2D eigenvalue weighted by atomic mass is 9.91. The van der Waals surface area contributed by atoms with Crippen molar-refractivity contribution in [2.24, 2.45) is 0 Å². The van der Waals surface area contributed by atoms with Crippen molar-refractivity contribution in [2.75, 3.05) is 0 Å². The Labute approximate surface area is 190 Å². The topological polar surface area (TPSA) is 143 Å². The molecule has 0 saturated heterocycles. The first kappa shape index (κ1) is 25.9. The van der Waals surface area contributed by atoms with E-state index in [0.717, 1.165) is 6.07 Å². The summed E-state index contributed by atoms with van der Waals surface area (Å²) in [5, 5.41) is 53.4. The number of benzene rings is 2. The molecule has 0 saturated carbocycles. The predicted octanol–water partition coefficient (Wildman–Crippen LogP) is 3.40. The lowest BCUT2D eigenvalue weighted by molar-refractivity contribution is -0.143. The highest BCUT2D eigenvalue weighted by Gasteiger charge is 2.42. The average Bonchev–Trinajstić information content (AvgIpc) is 2.79. The molecule has 0 radical (unpaired) electrons. The first-order chi connectivity index (χ1) is 16.3. The minimum absolute atomic E-state index is 0.00894. The largest absolute Gasteiger partial charge is 0.417 e. The molecule has 2 aromatic carbocycles. The van der Waals surface area contributed by atoms with Gasteiger partial charge in [0.15, 0.2) is 5.82 Å². The summed E-state index contributed by atoms with van der Waals surface area (Å²) in [6.07, 6.45) is -11.0. The van der Waals surface area contributed by atoms with E-state index in [9.17, 15) is 42.1 Å². The smallest absolute Gasteiger partial charge is 0.205 e. The summed E-state index contributed by atoms with van der Waals surface area (Å²) >= 11 is 0. The number of halogens is 7. The van der Waals surface area contributed by atoms with E-state index in [1.807, 2.05) is 0 Å². The number of nitrogens with zero attached hydrogens (tertiary/aromatic N) is 6. The normalized spacial score (nSPS) is 11.6. The van der Waals surface area contributed by atoms with Crippen molar-refractivity contribution in [3.63, 3.8) is 0 Å². The number of hydrogen-bond donors (Lipinski definition) is 0. The van der Waals surface area contributed by atoms with Gasteiger partial charge in [-0.2, -0.15) is 57.9 Å². The van der Waals surface area contributed by atoms with E-state index in [1.165, 1.54) is 30.3 Å². The lowest BCUT2D eigenvalue weighted by Gasteiger charge is -2.17. The fraction of sp³-hybridized carbons (Fsp3) is 0.0909. The fourth-order valence-electron chi connectivity index (χ4n) is 3.05. The van der Waals surface area contributed by atoms with Crippen molar-refractivity contribution in [1.82, 2.24) is 0 Å². The third-order valence-corrected chi connectivity index (χ3v) is 4.50. The number of nitriles is 6. The van der Waals surface area contributed by atoms with Gasteiger partial charge in [-0.1, -0.05) is 0 Å². The van der Waals surface area contributed by atoms with Gasteiger partial charge in [0.25, 0.3) is 0 Å². The van der Waals surface area contributed by atoms with Gasteiger partial charge in [0.2, 0.25) is 0 Å². The maximum atomic E-state index is 15.3. The number of alkyl halides is 6. The highest BCUT2D eigenvalue weighted by Crippen LogP contribution is 2.40. The van der Waals surface area contributed by atoms with Gasteiger partial charge in [-0.25, -0.2) is 4.39 Å². The molecule has 0 spiro atoms. The van der Waals surface area contributed by atoms with Gasteiger partial charge in [0.1, 0.15) is 35.9 Å². The minimum Gasteiger partial charge on any atom is -0.205 e. The summed E-state index contributed by atoms with van der Waals surface area (Å²) in [6.45, 7) is 0. The fourth-order valence-corrected chi connectivity index (χ4v) is 3.05. The van der Waals surface area contributed by atoms with Gasteiger partial charge < -0.3 is 0 Å². The maximum Gasteiger partial charge on any atom is 0.417 e. The van der Waals surface area contributed by atoms with E-state index in [-0.39, 0.29) is 12.1 Å². The molecule has 0 heterocycles. The van der Waals surface area contributed by atoms with Gasteiger partial charge in [-0.3, -0.25) is 0 Å². The second-order valence-corrected chi connectivity index (χ2v) is 6.40. The summed E-state index contributed by atoms with van der Waals surface area (Å²) in [5.41, 5.74) is -11.0. The van der Waals surface area contributed by atoms with Crippen LogP contribution in [0.15, 0.2) is 18.2 Å². The van der Waals surface area contributed by atoms with E-state index < -0.39 is 73.1 Å². The molecule has 0 bridgehead atoms. The predicted molar refractivity (Wildman–Crippen MR) is 99.0 cm³/mol. The molecule has 6 nitrogen and oxygen atoms in total. The first-order valence-electron chi connectivity index (χ1n) is 8.65. The van der Waals surface area contributed by atoms with Crippen LogP contribution in [-0.4, -0.2) is 0 Å². The second-order valence-electron chi connectivity index (χ2n) is 6.40. The quantitative estimate of drug-likeness (QED) is 0.568. The molecular formula is C22H3F7N6. The Kier molecular flexibility index (Phi) is 6.84. The van der Waals surface area contributed by atoms with E-state index in [0.29, 0.717) is 6.07 Å². The Morgan fingerprint density at radius 1 is 0.657 bits per heavy atom. The Balaban J connectivity index is 3.34. The third-order valence-electron chi connectivity index (χ3n) is 4.50. The summed E-state index contributed by atoms with van der Waals surface area (Å²) in [7, 11) is 0. The molecule has 0 amide bonds. The minimum atomic E-state index is -5.50. The molecule has 170 valence electrons. The highest BCUT2D eigenvalue weighted by molar-refractivity contribution is 5.80. The van der Waals surface area contributed by atoms with Crippen LogP contribution in [0.25, 0.3) is 11.1 Å². The molecule has 0 fully saturated rings. The van der Waals surface area contributed by atoms with Crippen molar-refractivity contribution < 1.29 is 30.7 Å². The molecule has 2 rings (SSSR count). The molecule has 0 N–H and O–H groups in total. The van der Waals surface area contributed by atoms with Crippen molar-refractivity contribution in [3.8, 4) is 36.4 Å². The van der Waals surface area contributed by atoms with Crippen LogP contribution in [0.4, 0.5) is 30.7 Å². The zero-order valence-electron chi connectivity index (χ0n) is 16.6. The van der Waals surface area contributed by atoms with Crippen LogP contribution in [0.5, 0.6) is 0 Å². The van der Waals surface area contributed by atoms with E-state index >= 15 is 4.39 Å². The number of rotatable bonds is 1. The third kappa shape index (κ3) is 4.57. The zero-order valence-corrected chi connectivity index (χ0v) is 16.6. The van der Waals surface area contributed by atoms with E-state index in [4.69, 9.17) is 15.8 Å². The zero-order chi connectivity index (χ0) is 26.7. The van der Waals surface area contributed by atoms with Crippen LogP contribution < -0.4 is 10.4 Å². The van der Waals surface area contributed by atoms with Crippen molar-refractivity contribution in [1.29, 1.82) is 31.6 Å². The van der Waals surface area contributed by atoms with Crippen LogP contribution in [0.2, 0.25) is 0 Å². The van der Waals surface area contributed by atoms with Gasteiger partial charge in [0.05, 0.1) is 39.5 Å². The van der Waals surface area contributed by atoms with Crippen molar-refractivity contribution >= 4 is 11.1 Å². The van der Waals surface area contributed by atoms with E-state index in [1.54, 1.807) is 0 Å². The molecular weight excluding hydrogens is 481 g/mol. The summed E-state index contributed by atoms with van der Waals surface area (Å²) in [6, 6.07) is 8.08. The van der Waals surface area contributed by atoms with Crippen LogP contribution in [-0.2, 0) is 12.4 Å². The molecule has 13 heteroatoms. The Morgan fingerprint density at radius 2 is 1.14 bits per heavy atom. The van der Waals surface area contributed by atoms with E-state index in [2.05, 4.69) is 0 Å². The SMILES string of the molecule is N#CC(C#N)=c1cc(C#N)/c(=C(\C#N)c2cc(C(F)(F)F)c(C#N)c(C(F)(F)F)c2)c(F)c1C#N. The monoisotopic (exact) mass is 484 g/mol. The van der Waals surface area contributed by atoms with Gasteiger partial charge in [0, 0.05) is 10.4 Å². The maximum absolute atomic E-state index is 15.3. The Morgan fingerprint density at radius 3 is 1.49 bits per heavy atom. The van der Waals surface area contributed by atoms with Crippen LogP contribution in [0.1, 0.15) is 33.4 Å². The lowest BCUT2D eigenvalue weighted by Crippen LogP contribution is -2.26.